The van der Waals surface area contributed by atoms with Gasteiger partial charge in [0.2, 0.25) is 5.78 Å². The normalized spacial score (nSPS) is 11.2. The maximum absolute atomic E-state index is 13.6. The molecular weight excluding hydrogens is 443 g/mol. The number of phenols is 1. The number of thiazole rings is 1. The van der Waals surface area contributed by atoms with Gasteiger partial charge < -0.3 is 10.8 Å². The fourth-order valence-electron chi connectivity index (χ4n) is 3.73. The van der Waals surface area contributed by atoms with Crippen LogP contribution in [-0.2, 0) is 0 Å². The summed E-state index contributed by atoms with van der Waals surface area (Å²) in [6.07, 6.45) is 0. The molecule has 0 aliphatic carbocycles. The first-order valence-electron chi connectivity index (χ1n) is 9.79. The van der Waals surface area contributed by atoms with Gasteiger partial charge in [-0.3, -0.25) is 4.79 Å². The number of ketones is 1. The zero-order valence-corrected chi connectivity index (χ0v) is 18.6. The maximum atomic E-state index is 13.6. The first kappa shape index (κ1) is 20.4. The van der Waals surface area contributed by atoms with E-state index in [0.29, 0.717) is 21.8 Å². The molecule has 0 aliphatic heterocycles. The standard InChI is InChI=1S/C25H17FN2O2S2/c1-13-10-16(26)6-8-18(13)23(30)24-22(19-9-7-17(29)11-20(19)32-24)14-2-4-15(5-3-14)25-28-21(27)12-31-25/h2-12,29H,27H2,1H3. The Balaban J connectivity index is 1.67. The summed E-state index contributed by atoms with van der Waals surface area (Å²) in [6, 6.07) is 17.1. The molecule has 0 radical (unpaired) electrons. The van der Waals surface area contributed by atoms with Crippen LogP contribution in [0.1, 0.15) is 20.8 Å². The Kier molecular flexibility index (Phi) is 5.00. The topological polar surface area (TPSA) is 76.2 Å². The summed E-state index contributed by atoms with van der Waals surface area (Å²) in [5, 5.41) is 13.5. The Morgan fingerprint density at radius 2 is 1.78 bits per heavy atom. The molecule has 0 saturated carbocycles. The molecule has 0 spiro atoms. The van der Waals surface area contributed by atoms with E-state index in [9.17, 15) is 14.3 Å². The first-order valence-corrected chi connectivity index (χ1v) is 11.5. The second-order valence-corrected chi connectivity index (χ2v) is 9.34. The monoisotopic (exact) mass is 460 g/mol. The molecule has 7 heteroatoms. The van der Waals surface area contributed by atoms with Crippen molar-refractivity contribution in [3.05, 3.63) is 87.9 Å². The predicted octanol–water partition coefficient (Wildman–Crippen LogP) is 6.66. The highest BCUT2D eigenvalue weighted by molar-refractivity contribution is 7.21. The lowest BCUT2D eigenvalue weighted by Gasteiger charge is -2.08. The molecule has 32 heavy (non-hydrogen) atoms. The molecule has 3 N–H and O–H groups in total. The van der Waals surface area contributed by atoms with Crippen LogP contribution in [0.15, 0.2) is 66.0 Å². The van der Waals surface area contributed by atoms with Crippen LogP contribution in [0.2, 0.25) is 0 Å². The SMILES string of the molecule is Cc1cc(F)ccc1C(=O)c1sc2cc(O)ccc2c1-c1ccc(-c2nc(N)cs2)cc1. The number of hydrogen-bond donors (Lipinski definition) is 2. The molecule has 5 rings (SSSR count). The van der Waals surface area contributed by atoms with E-state index in [1.165, 1.54) is 40.9 Å². The molecule has 3 aromatic carbocycles. The van der Waals surface area contributed by atoms with Gasteiger partial charge in [0.15, 0.2) is 0 Å². The van der Waals surface area contributed by atoms with Gasteiger partial charge in [-0.05, 0) is 54.4 Å². The number of benzene rings is 3. The van der Waals surface area contributed by atoms with E-state index in [-0.39, 0.29) is 17.3 Å². The number of phenolic OH excluding ortho intramolecular Hbond substituents is 1. The highest BCUT2D eigenvalue weighted by Gasteiger charge is 2.23. The van der Waals surface area contributed by atoms with E-state index in [0.717, 1.165) is 31.8 Å². The number of fused-ring (bicyclic) bond motifs is 1. The van der Waals surface area contributed by atoms with Gasteiger partial charge in [-0.25, -0.2) is 9.37 Å². The first-order chi connectivity index (χ1) is 15.4. The van der Waals surface area contributed by atoms with Crippen LogP contribution in [0.25, 0.3) is 31.8 Å². The average Bonchev–Trinajstić information content (AvgIpc) is 3.37. The van der Waals surface area contributed by atoms with Gasteiger partial charge in [-0.1, -0.05) is 24.3 Å². The van der Waals surface area contributed by atoms with Gasteiger partial charge >= 0.3 is 0 Å². The minimum absolute atomic E-state index is 0.138. The van der Waals surface area contributed by atoms with Crippen LogP contribution in [0.3, 0.4) is 0 Å². The van der Waals surface area contributed by atoms with E-state index in [1.807, 2.05) is 30.3 Å². The summed E-state index contributed by atoms with van der Waals surface area (Å²) >= 11 is 2.79. The molecule has 0 saturated heterocycles. The number of aromatic hydroxyl groups is 1. The molecule has 0 aliphatic rings. The number of carbonyl (C=O) groups excluding carboxylic acids is 1. The van der Waals surface area contributed by atoms with Crippen molar-refractivity contribution in [3.63, 3.8) is 0 Å². The molecule has 2 aromatic heterocycles. The van der Waals surface area contributed by atoms with E-state index in [4.69, 9.17) is 5.73 Å². The van der Waals surface area contributed by atoms with Crippen LogP contribution in [-0.4, -0.2) is 15.9 Å². The molecule has 0 atom stereocenters. The lowest BCUT2D eigenvalue weighted by Crippen LogP contribution is -2.03. The summed E-state index contributed by atoms with van der Waals surface area (Å²) in [7, 11) is 0. The number of aryl methyl sites for hydroxylation is 1. The number of hydrogen-bond acceptors (Lipinski definition) is 6. The molecule has 0 unspecified atom stereocenters. The fourth-order valence-corrected chi connectivity index (χ4v) is 5.66. The molecule has 0 bridgehead atoms. The van der Waals surface area contributed by atoms with Crippen molar-refractivity contribution in [2.24, 2.45) is 0 Å². The number of thiophene rings is 1. The number of aromatic nitrogens is 1. The van der Waals surface area contributed by atoms with E-state index >= 15 is 0 Å². The highest BCUT2D eigenvalue weighted by Crippen LogP contribution is 2.42. The number of halogens is 1. The Hall–Kier alpha value is -3.55. The predicted molar refractivity (Wildman–Crippen MR) is 129 cm³/mol. The molecule has 0 amide bonds. The number of nitrogens with two attached hydrogens (primary N) is 1. The quantitative estimate of drug-likeness (QED) is 0.294. The zero-order chi connectivity index (χ0) is 22.4. The number of nitrogens with zero attached hydrogens (tertiary/aromatic N) is 1. The van der Waals surface area contributed by atoms with Crippen molar-refractivity contribution in [1.82, 2.24) is 4.98 Å². The van der Waals surface area contributed by atoms with Gasteiger partial charge in [-0.15, -0.1) is 22.7 Å². The van der Waals surface area contributed by atoms with Gasteiger partial charge in [0.1, 0.15) is 22.4 Å². The fraction of sp³-hybridized carbons (Fsp3) is 0.0400. The van der Waals surface area contributed by atoms with Crippen LogP contribution in [0.4, 0.5) is 10.2 Å². The van der Waals surface area contributed by atoms with Crippen LogP contribution in [0.5, 0.6) is 5.75 Å². The van der Waals surface area contributed by atoms with E-state index in [1.54, 1.807) is 24.4 Å². The van der Waals surface area contributed by atoms with Crippen molar-refractivity contribution >= 4 is 44.4 Å². The Bertz CT molecular complexity index is 1490. The van der Waals surface area contributed by atoms with Crippen molar-refractivity contribution in [2.75, 3.05) is 5.73 Å². The third-order valence-corrected chi connectivity index (χ3v) is 7.32. The highest BCUT2D eigenvalue weighted by atomic mass is 32.1. The maximum Gasteiger partial charge on any atom is 0.203 e. The summed E-state index contributed by atoms with van der Waals surface area (Å²) in [6.45, 7) is 1.73. The zero-order valence-electron chi connectivity index (χ0n) is 16.9. The van der Waals surface area contributed by atoms with Crippen molar-refractivity contribution in [2.45, 2.75) is 6.92 Å². The third kappa shape index (κ3) is 3.55. The van der Waals surface area contributed by atoms with Crippen LogP contribution in [0, 0.1) is 12.7 Å². The van der Waals surface area contributed by atoms with E-state index < -0.39 is 0 Å². The minimum atomic E-state index is -0.376. The van der Waals surface area contributed by atoms with Gasteiger partial charge in [0, 0.05) is 32.2 Å². The molecular formula is C25H17FN2O2S2. The lowest BCUT2D eigenvalue weighted by atomic mass is 9.96. The van der Waals surface area contributed by atoms with Crippen LogP contribution < -0.4 is 5.73 Å². The van der Waals surface area contributed by atoms with E-state index in [2.05, 4.69) is 4.98 Å². The minimum Gasteiger partial charge on any atom is -0.508 e. The second kappa shape index (κ2) is 7.85. The van der Waals surface area contributed by atoms with Gasteiger partial charge in [0.25, 0.3) is 0 Å². The van der Waals surface area contributed by atoms with Crippen molar-refractivity contribution in [1.29, 1.82) is 0 Å². The van der Waals surface area contributed by atoms with Crippen molar-refractivity contribution < 1.29 is 14.3 Å². The molecule has 4 nitrogen and oxygen atoms in total. The van der Waals surface area contributed by atoms with Crippen molar-refractivity contribution in [3.8, 4) is 27.4 Å². The molecule has 2 heterocycles. The van der Waals surface area contributed by atoms with Gasteiger partial charge in [-0.2, -0.15) is 0 Å². The largest absolute Gasteiger partial charge is 0.508 e. The molecule has 158 valence electrons. The number of nitrogen functional groups attached to an aromatic ring is 1. The summed E-state index contributed by atoms with van der Waals surface area (Å²) < 4.78 is 14.4. The second-order valence-electron chi connectivity index (χ2n) is 7.43. The molecule has 5 aromatic rings. The summed E-state index contributed by atoms with van der Waals surface area (Å²) in [5.41, 5.74) is 9.39. The average molecular weight is 461 g/mol. The summed E-state index contributed by atoms with van der Waals surface area (Å²) in [5.74, 6) is 0.0770. The Morgan fingerprint density at radius 1 is 1.03 bits per heavy atom. The smallest absolute Gasteiger partial charge is 0.203 e. The third-order valence-electron chi connectivity index (χ3n) is 5.26. The number of rotatable bonds is 4. The molecule has 0 fully saturated rings. The van der Waals surface area contributed by atoms with Gasteiger partial charge in [0.05, 0.1) is 4.88 Å². The Morgan fingerprint density at radius 3 is 2.47 bits per heavy atom. The summed E-state index contributed by atoms with van der Waals surface area (Å²) in [4.78, 5) is 18.4. The number of carbonyl (C=O) groups is 1. The Labute approximate surface area is 191 Å². The lowest BCUT2D eigenvalue weighted by molar-refractivity contribution is 0.104. The van der Waals surface area contributed by atoms with Crippen LogP contribution >= 0.6 is 22.7 Å². The number of anilines is 1.